The van der Waals surface area contributed by atoms with E-state index >= 15 is 0 Å². The Morgan fingerprint density at radius 1 is 1.15 bits per heavy atom. The van der Waals surface area contributed by atoms with E-state index in [2.05, 4.69) is 33.9 Å². The number of anilines is 1. The quantitative estimate of drug-likeness (QED) is 0.420. The van der Waals surface area contributed by atoms with Crippen LogP contribution >= 0.6 is 11.6 Å². The Morgan fingerprint density at radius 3 is 2.51 bits per heavy atom. The molecule has 224 valence electrons. The van der Waals surface area contributed by atoms with Gasteiger partial charge >= 0.3 is 0 Å². The minimum Gasteiger partial charge on any atom is -0.490 e. The van der Waals surface area contributed by atoms with Crippen LogP contribution in [0.1, 0.15) is 79.6 Å². The summed E-state index contributed by atoms with van der Waals surface area (Å²) in [5.41, 5.74) is 3.17. The molecule has 5 rings (SSSR count). The number of halogens is 1. The van der Waals surface area contributed by atoms with Gasteiger partial charge in [0.1, 0.15) is 11.9 Å². The Bertz CT molecular complexity index is 1280. The average molecular weight is 585 g/mol. The number of aryl methyl sites for hydroxylation is 2. The zero-order valence-electron chi connectivity index (χ0n) is 24.9. The number of aromatic amines is 1. The van der Waals surface area contributed by atoms with Gasteiger partial charge in [-0.15, -0.1) is 0 Å². The molecule has 0 spiro atoms. The summed E-state index contributed by atoms with van der Waals surface area (Å²) in [4.78, 5) is 33.8. The van der Waals surface area contributed by atoms with Gasteiger partial charge in [0.05, 0.1) is 16.3 Å². The third kappa shape index (κ3) is 6.92. The maximum absolute atomic E-state index is 13.6. The van der Waals surface area contributed by atoms with Crippen molar-refractivity contribution in [2.75, 3.05) is 37.7 Å². The largest absolute Gasteiger partial charge is 0.490 e. The van der Waals surface area contributed by atoms with Crippen LogP contribution in [0, 0.1) is 19.8 Å². The first-order chi connectivity index (χ1) is 19.7. The third-order valence-corrected chi connectivity index (χ3v) is 9.58. The van der Waals surface area contributed by atoms with E-state index in [0.29, 0.717) is 41.2 Å². The summed E-state index contributed by atoms with van der Waals surface area (Å²) < 4.78 is 12.1. The number of hydrogen-bond donors (Lipinski definition) is 2. The van der Waals surface area contributed by atoms with Crippen LogP contribution in [0.25, 0.3) is 0 Å². The molecule has 3 aliphatic rings. The molecule has 1 aromatic carbocycles. The van der Waals surface area contributed by atoms with Crippen molar-refractivity contribution in [2.45, 2.75) is 91.0 Å². The minimum atomic E-state index is -0.321. The van der Waals surface area contributed by atoms with Crippen molar-refractivity contribution < 1.29 is 14.3 Å². The van der Waals surface area contributed by atoms with Crippen molar-refractivity contribution in [1.29, 1.82) is 0 Å². The molecule has 2 saturated heterocycles. The van der Waals surface area contributed by atoms with Crippen molar-refractivity contribution in [3.8, 4) is 5.75 Å². The topological polar surface area (TPSA) is 86.9 Å². The van der Waals surface area contributed by atoms with Crippen molar-refractivity contribution in [3.05, 3.63) is 56.0 Å². The molecule has 1 aromatic heterocycles. The molecule has 2 N–H and O–H groups in total. The zero-order valence-corrected chi connectivity index (χ0v) is 25.7. The molecule has 1 aliphatic carbocycles. The summed E-state index contributed by atoms with van der Waals surface area (Å²) in [5.74, 6) is 1.17. The Morgan fingerprint density at radius 2 is 1.85 bits per heavy atom. The molecule has 0 unspecified atom stereocenters. The first-order valence-electron chi connectivity index (χ1n) is 15.3. The SMILES string of the molecule is CCN(c1cc(OC2CC(N3CCC(C)CC3)C2)cc(C(=O)NCc2c(C)cc(C)[nH]c2=O)c1Cl)C1CCOCC1. The second-order valence-electron chi connectivity index (χ2n) is 12.1. The number of piperidine rings is 1. The van der Waals surface area contributed by atoms with E-state index in [-0.39, 0.29) is 30.2 Å². The van der Waals surface area contributed by atoms with Crippen LogP contribution in [0.2, 0.25) is 5.02 Å². The van der Waals surface area contributed by atoms with E-state index in [1.54, 1.807) is 6.07 Å². The van der Waals surface area contributed by atoms with E-state index in [4.69, 9.17) is 21.1 Å². The first-order valence-corrected chi connectivity index (χ1v) is 15.7. The van der Waals surface area contributed by atoms with Crippen LogP contribution in [0.3, 0.4) is 0 Å². The number of carbonyl (C=O) groups is 1. The predicted octanol–water partition coefficient (Wildman–Crippen LogP) is 5.22. The lowest BCUT2D eigenvalue weighted by Crippen LogP contribution is -2.51. The van der Waals surface area contributed by atoms with Crippen LogP contribution in [0.15, 0.2) is 23.0 Å². The van der Waals surface area contributed by atoms with Crippen molar-refractivity contribution in [1.82, 2.24) is 15.2 Å². The second-order valence-corrected chi connectivity index (χ2v) is 12.5. The number of hydrogen-bond acceptors (Lipinski definition) is 6. The molecule has 3 fully saturated rings. The number of benzene rings is 1. The molecular formula is C32H45ClN4O4. The normalized spacial score (nSPS) is 22.3. The standard InChI is InChI=1S/C32H45ClN4O4/c1-5-37(23-8-12-40-13-9-23)29-18-26(41-25-15-24(16-25)36-10-6-20(2)7-11-36)17-27(30(29)33)31(38)34-19-28-21(3)14-22(4)35-32(28)39/h14,17-18,20,23-25H,5-13,15-16,19H2,1-4H3,(H,34,38)(H,35,39). The monoisotopic (exact) mass is 584 g/mol. The third-order valence-electron chi connectivity index (χ3n) is 9.18. The summed E-state index contributed by atoms with van der Waals surface area (Å²) in [5, 5.41) is 3.35. The van der Waals surface area contributed by atoms with Crippen LogP contribution in [0.4, 0.5) is 5.69 Å². The van der Waals surface area contributed by atoms with Gasteiger partial charge in [-0.1, -0.05) is 18.5 Å². The van der Waals surface area contributed by atoms with Gasteiger partial charge in [0.15, 0.2) is 0 Å². The van der Waals surface area contributed by atoms with Crippen molar-refractivity contribution in [2.24, 2.45) is 5.92 Å². The summed E-state index contributed by atoms with van der Waals surface area (Å²) >= 11 is 6.99. The molecule has 8 nitrogen and oxygen atoms in total. The summed E-state index contributed by atoms with van der Waals surface area (Å²) in [6.45, 7) is 12.8. The highest BCUT2D eigenvalue weighted by atomic mass is 35.5. The Hall–Kier alpha value is -2.55. The van der Waals surface area contributed by atoms with Crippen LogP contribution in [0.5, 0.6) is 5.75 Å². The van der Waals surface area contributed by atoms with Crippen LogP contribution in [-0.4, -0.2) is 66.8 Å². The van der Waals surface area contributed by atoms with Gasteiger partial charge in [-0.05, 0) is 83.2 Å². The van der Waals surface area contributed by atoms with E-state index in [1.165, 1.54) is 25.9 Å². The Balaban J connectivity index is 1.36. The highest BCUT2D eigenvalue weighted by Gasteiger charge is 2.37. The number of pyridine rings is 1. The van der Waals surface area contributed by atoms with E-state index < -0.39 is 0 Å². The van der Waals surface area contributed by atoms with Gasteiger partial charge in [-0.3, -0.25) is 9.59 Å². The maximum atomic E-state index is 13.6. The highest BCUT2D eigenvalue weighted by Crippen LogP contribution is 2.39. The van der Waals surface area contributed by atoms with Gasteiger partial charge in [0.25, 0.3) is 11.5 Å². The molecule has 3 heterocycles. The summed E-state index contributed by atoms with van der Waals surface area (Å²) in [6, 6.07) is 6.53. The highest BCUT2D eigenvalue weighted by molar-refractivity contribution is 6.36. The van der Waals surface area contributed by atoms with Gasteiger partial charge in [-0.2, -0.15) is 0 Å². The molecule has 0 atom stereocenters. The molecule has 0 bridgehead atoms. The molecule has 2 aromatic rings. The zero-order chi connectivity index (χ0) is 29.1. The number of ether oxygens (including phenoxy) is 2. The number of amides is 1. The number of H-pyrrole nitrogens is 1. The average Bonchev–Trinajstić information content (AvgIpc) is 2.93. The smallest absolute Gasteiger partial charge is 0.253 e. The first kappa shape index (κ1) is 29.9. The summed E-state index contributed by atoms with van der Waals surface area (Å²) in [7, 11) is 0. The van der Waals surface area contributed by atoms with Crippen molar-refractivity contribution in [3.63, 3.8) is 0 Å². The number of carbonyl (C=O) groups excluding carboxylic acids is 1. The number of aromatic nitrogens is 1. The van der Waals surface area contributed by atoms with Gasteiger partial charge in [-0.25, -0.2) is 0 Å². The number of nitrogens with one attached hydrogen (secondary N) is 2. The van der Waals surface area contributed by atoms with E-state index in [0.717, 1.165) is 55.1 Å². The molecule has 9 heteroatoms. The lowest BCUT2D eigenvalue weighted by Gasteiger charge is -2.45. The predicted molar refractivity (Wildman–Crippen MR) is 163 cm³/mol. The Kier molecular flexibility index (Phi) is 9.62. The minimum absolute atomic E-state index is 0.118. The summed E-state index contributed by atoms with van der Waals surface area (Å²) in [6.07, 6.45) is 6.48. The molecular weight excluding hydrogens is 540 g/mol. The number of nitrogens with zero attached hydrogens (tertiary/aromatic N) is 2. The second kappa shape index (κ2) is 13.2. The lowest BCUT2D eigenvalue weighted by molar-refractivity contribution is 0.00305. The van der Waals surface area contributed by atoms with Crippen LogP contribution < -0.4 is 20.5 Å². The van der Waals surface area contributed by atoms with Gasteiger partial charge in [0.2, 0.25) is 0 Å². The van der Waals surface area contributed by atoms with Gasteiger partial charge in [0, 0.05) is 68.6 Å². The number of rotatable bonds is 9. The fourth-order valence-corrected chi connectivity index (χ4v) is 6.83. The van der Waals surface area contributed by atoms with E-state index in [1.807, 2.05) is 26.0 Å². The molecule has 1 saturated carbocycles. The molecule has 41 heavy (non-hydrogen) atoms. The van der Waals surface area contributed by atoms with Crippen molar-refractivity contribution >= 4 is 23.2 Å². The van der Waals surface area contributed by atoms with Crippen LogP contribution in [-0.2, 0) is 11.3 Å². The maximum Gasteiger partial charge on any atom is 0.253 e. The molecule has 0 radical (unpaired) electrons. The Labute approximate surface area is 248 Å². The fraction of sp³-hybridized carbons (Fsp3) is 0.625. The molecule has 2 aliphatic heterocycles. The van der Waals surface area contributed by atoms with E-state index in [9.17, 15) is 9.59 Å². The van der Waals surface area contributed by atoms with Gasteiger partial charge < -0.3 is 29.6 Å². The lowest BCUT2D eigenvalue weighted by atomic mass is 9.85. The molecule has 1 amide bonds. The fourth-order valence-electron chi connectivity index (χ4n) is 6.53. The number of likely N-dealkylation sites (tertiary alicyclic amines) is 1.